The van der Waals surface area contributed by atoms with E-state index < -0.39 is 0 Å². The van der Waals surface area contributed by atoms with Crippen molar-refractivity contribution >= 4 is 0 Å². The van der Waals surface area contributed by atoms with Crippen molar-refractivity contribution in [3.05, 3.63) is 38.9 Å². The molecule has 0 aliphatic heterocycles. The van der Waals surface area contributed by atoms with E-state index in [9.17, 15) is 4.79 Å². The maximum Gasteiger partial charge on any atom is 0.279 e. The Morgan fingerprint density at radius 3 is 2.87 bits per heavy atom. The van der Waals surface area contributed by atoms with E-state index in [0.717, 1.165) is 54.2 Å². The Morgan fingerprint density at radius 2 is 2.13 bits per heavy atom. The highest BCUT2D eigenvalue weighted by molar-refractivity contribution is 5.62. The molecule has 1 fully saturated rings. The zero-order valence-electron chi connectivity index (χ0n) is 18.2. The molecule has 7 heteroatoms. The highest BCUT2D eigenvalue weighted by atomic mass is 16.5. The number of hydrogen-bond donors (Lipinski definition) is 1. The van der Waals surface area contributed by atoms with Crippen molar-refractivity contribution in [3.8, 4) is 23.0 Å². The van der Waals surface area contributed by atoms with Gasteiger partial charge in [-0.3, -0.25) is 9.48 Å². The minimum absolute atomic E-state index is 0.0574. The van der Waals surface area contributed by atoms with Crippen molar-refractivity contribution in [1.82, 2.24) is 24.9 Å². The minimum Gasteiger partial charge on any atom is -0.332 e. The fraction of sp³-hybridized carbons (Fsp3) is 0.565. The first-order valence-electron chi connectivity index (χ1n) is 11.0. The molecule has 3 aromatic rings. The van der Waals surface area contributed by atoms with Crippen LogP contribution >= 0.6 is 0 Å². The second-order valence-corrected chi connectivity index (χ2v) is 9.68. The lowest BCUT2D eigenvalue weighted by atomic mass is 9.76. The number of pyridine rings is 1. The topological polar surface area (TPSA) is 89.6 Å². The van der Waals surface area contributed by atoms with E-state index in [4.69, 9.17) is 14.6 Å². The van der Waals surface area contributed by atoms with Gasteiger partial charge < -0.3 is 9.51 Å². The lowest BCUT2D eigenvalue weighted by molar-refractivity contribution is 0.302. The predicted molar refractivity (Wildman–Crippen MR) is 114 cm³/mol. The minimum atomic E-state index is -0.0574. The van der Waals surface area contributed by atoms with Crippen LogP contribution in [0.5, 0.6) is 0 Å². The van der Waals surface area contributed by atoms with E-state index in [1.807, 2.05) is 19.9 Å². The first-order valence-corrected chi connectivity index (χ1v) is 11.0. The Labute approximate surface area is 175 Å². The molecule has 5 rings (SSSR count). The summed E-state index contributed by atoms with van der Waals surface area (Å²) in [6.45, 7) is 9.47. The summed E-state index contributed by atoms with van der Waals surface area (Å²) in [7, 11) is 0. The van der Waals surface area contributed by atoms with Crippen molar-refractivity contribution in [3.63, 3.8) is 0 Å². The number of hydrogen-bond acceptors (Lipinski definition) is 5. The number of aromatic nitrogens is 5. The largest absolute Gasteiger partial charge is 0.332 e. The molecule has 30 heavy (non-hydrogen) atoms. The molecule has 0 aromatic carbocycles. The lowest BCUT2D eigenvalue weighted by Gasteiger charge is -2.30. The molecular formula is C23H29N5O2. The maximum atomic E-state index is 12.1. The third kappa shape index (κ3) is 3.40. The van der Waals surface area contributed by atoms with Crippen LogP contribution in [0.3, 0.4) is 0 Å². The van der Waals surface area contributed by atoms with Gasteiger partial charge in [-0.2, -0.15) is 10.1 Å². The third-order valence-corrected chi connectivity index (χ3v) is 6.56. The Morgan fingerprint density at radius 1 is 1.33 bits per heavy atom. The van der Waals surface area contributed by atoms with E-state index in [0.29, 0.717) is 18.1 Å². The quantitative estimate of drug-likeness (QED) is 0.688. The van der Waals surface area contributed by atoms with Crippen molar-refractivity contribution in [2.75, 3.05) is 0 Å². The third-order valence-electron chi connectivity index (χ3n) is 6.56. The molecule has 1 saturated carbocycles. The molecule has 0 atom stereocenters. The summed E-state index contributed by atoms with van der Waals surface area (Å²) in [4.78, 5) is 19.7. The number of aromatic amines is 1. The molecule has 0 radical (unpaired) electrons. The van der Waals surface area contributed by atoms with Crippen LogP contribution in [0.4, 0.5) is 0 Å². The summed E-state index contributed by atoms with van der Waals surface area (Å²) in [5.74, 6) is 1.72. The smallest absolute Gasteiger partial charge is 0.279 e. The maximum absolute atomic E-state index is 12.1. The van der Waals surface area contributed by atoms with Crippen LogP contribution in [-0.4, -0.2) is 24.9 Å². The summed E-state index contributed by atoms with van der Waals surface area (Å²) >= 11 is 0. The summed E-state index contributed by atoms with van der Waals surface area (Å²) in [6, 6.07) is 1.87. The first-order chi connectivity index (χ1) is 14.3. The van der Waals surface area contributed by atoms with E-state index in [1.165, 1.54) is 24.1 Å². The molecule has 0 amide bonds. The second-order valence-electron chi connectivity index (χ2n) is 9.68. The van der Waals surface area contributed by atoms with Crippen LogP contribution in [0.1, 0.15) is 62.5 Å². The van der Waals surface area contributed by atoms with Gasteiger partial charge in [0.1, 0.15) is 0 Å². The molecule has 2 aliphatic rings. The lowest BCUT2D eigenvalue weighted by Crippen LogP contribution is -2.24. The van der Waals surface area contributed by atoms with Gasteiger partial charge in [-0.25, -0.2) is 0 Å². The van der Waals surface area contributed by atoms with Crippen molar-refractivity contribution in [2.45, 2.75) is 72.8 Å². The molecule has 3 heterocycles. The number of fused-ring (bicyclic) bond motifs is 1. The van der Waals surface area contributed by atoms with Crippen LogP contribution in [0.25, 0.3) is 23.0 Å². The molecule has 1 N–H and O–H groups in total. The molecule has 158 valence electrons. The van der Waals surface area contributed by atoms with Gasteiger partial charge in [0.05, 0.1) is 0 Å². The van der Waals surface area contributed by atoms with Gasteiger partial charge in [-0.05, 0) is 62.8 Å². The van der Waals surface area contributed by atoms with E-state index in [1.54, 1.807) is 0 Å². The van der Waals surface area contributed by atoms with Crippen LogP contribution in [0, 0.1) is 18.3 Å². The Kier molecular flexibility index (Phi) is 4.45. The molecule has 0 spiro atoms. The van der Waals surface area contributed by atoms with Crippen LogP contribution in [0.15, 0.2) is 15.4 Å². The zero-order valence-corrected chi connectivity index (χ0v) is 18.2. The predicted octanol–water partition coefficient (Wildman–Crippen LogP) is 4.08. The summed E-state index contributed by atoms with van der Waals surface area (Å²) in [6.07, 6.45) is 6.39. The number of aryl methyl sites for hydroxylation is 2. The molecule has 7 nitrogen and oxygen atoms in total. The number of nitrogens with zero attached hydrogens (tertiary/aromatic N) is 4. The molecule has 0 unspecified atom stereocenters. The monoisotopic (exact) mass is 407 g/mol. The van der Waals surface area contributed by atoms with Gasteiger partial charge >= 0.3 is 0 Å². The number of H-pyrrole nitrogens is 1. The number of rotatable bonds is 5. The molecule has 0 bridgehead atoms. The second kappa shape index (κ2) is 6.93. The SMILES string of the molecule is CCc1cc(-c2noc(-c3nn(CC4CC4)c4c3CCC(C)(C)C4)n2)c(C)[nH]c1=O. The summed E-state index contributed by atoms with van der Waals surface area (Å²) in [5, 5.41) is 9.18. The van der Waals surface area contributed by atoms with Gasteiger partial charge in [0.25, 0.3) is 11.4 Å². The fourth-order valence-corrected chi connectivity index (χ4v) is 4.46. The number of nitrogens with one attached hydrogen (secondary N) is 1. The van der Waals surface area contributed by atoms with E-state index >= 15 is 0 Å². The van der Waals surface area contributed by atoms with Crippen LogP contribution in [0.2, 0.25) is 0 Å². The average Bonchev–Trinajstić information content (AvgIpc) is 3.26. The highest BCUT2D eigenvalue weighted by Crippen LogP contribution is 2.40. The van der Waals surface area contributed by atoms with Crippen LogP contribution < -0.4 is 5.56 Å². The summed E-state index contributed by atoms with van der Waals surface area (Å²) in [5.41, 5.74) is 5.92. The normalized spacial score (nSPS) is 17.9. The van der Waals surface area contributed by atoms with E-state index in [-0.39, 0.29) is 11.0 Å². The van der Waals surface area contributed by atoms with Crippen LogP contribution in [-0.2, 0) is 25.8 Å². The zero-order chi connectivity index (χ0) is 21.0. The molecule has 2 aliphatic carbocycles. The first kappa shape index (κ1) is 19.3. The van der Waals surface area contributed by atoms with Crippen molar-refractivity contribution in [1.29, 1.82) is 0 Å². The van der Waals surface area contributed by atoms with Gasteiger partial charge in [0.2, 0.25) is 5.82 Å². The molecule has 3 aromatic heterocycles. The van der Waals surface area contributed by atoms with Gasteiger partial charge in [-0.1, -0.05) is 25.9 Å². The molecular weight excluding hydrogens is 378 g/mol. The van der Waals surface area contributed by atoms with Gasteiger partial charge in [0, 0.05) is 34.6 Å². The van der Waals surface area contributed by atoms with Gasteiger partial charge in [-0.15, -0.1) is 0 Å². The van der Waals surface area contributed by atoms with Gasteiger partial charge in [0.15, 0.2) is 5.69 Å². The highest BCUT2D eigenvalue weighted by Gasteiger charge is 2.34. The molecule has 0 saturated heterocycles. The van der Waals surface area contributed by atoms with E-state index in [2.05, 4.69) is 28.7 Å². The van der Waals surface area contributed by atoms with Crippen molar-refractivity contribution in [2.24, 2.45) is 11.3 Å². The fourth-order valence-electron chi connectivity index (χ4n) is 4.46. The standard InChI is InChI=1S/C23H29N5O2/c1-5-15-10-17(13(2)24-21(15)29)20-25-22(30-27-20)19-16-8-9-23(3,4)11-18(16)28(26-19)12-14-6-7-14/h10,14H,5-9,11-12H2,1-4H3,(H,24,29). The average molecular weight is 408 g/mol. The summed E-state index contributed by atoms with van der Waals surface area (Å²) < 4.78 is 7.89. The van der Waals surface area contributed by atoms with Crippen molar-refractivity contribution < 1.29 is 4.52 Å². The Balaban J connectivity index is 1.56. The Bertz CT molecular complexity index is 1160. The Hall–Kier alpha value is -2.70.